The number of aliphatic carboxylic acids is 1. The van der Waals surface area contributed by atoms with Crippen molar-refractivity contribution in [2.24, 2.45) is 5.92 Å². The van der Waals surface area contributed by atoms with Crippen molar-refractivity contribution in [1.82, 2.24) is 0 Å². The monoisotopic (exact) mass is 194 g/mol. The summed E-state index contributed by atoms with van der Waals surface area (Å²) in [5.41, 5.74) is 2.66. The van der Waals surface area contributed by atoms with Gasteiger partial charge in [0.05, 0.1) is 5.92 Å². The SMILES string of the molecule is CC(C)C(=O)O.Cc1ccc(C)cc1. The van der Waals surface area contributed by atoms with Crippen molar-refractivity contribution in [3.8, 4) is 0 Å². The molecule has 0 spiro atoms. The minimum Gasteiger partial charge on any atom is -0.481 e. The molecule has 0 unspecified atom stereocenters. The summed E-state index contributed by atoms with van der Waals surface area (Å²) < 4.78 is 0. The Morgan fingerprint density at radius 3 is 1.43 bits per heavy atom. The number of rotatable bonds is 1. The van der Waals surface area contributed by atoms with Crippen molar-refractivity contribution >= 4 is 5.97 Å². The van der Waals surface area contributed by atoms with E-state index < -0.39 is 5.97 Å². The normalized spacial score (nSPS) is 9.21. The van der Waals surface area contributed by atoms with E-state index in [0.29, 0.717) is 0 Å². The second kappa shape index (κ2) is 6.19. The third-order valence-electron chi connectivity index (χ3n) is 1.71. The Labute approximate surface area is 85.6 Å². The van der Waals surface area contributed by atoms with Crippen LogP contribution in [0.3, 0.4) is 0 Å². The van der Waals surface area contributed by atoms with E-state index in [4.69, 9.17) is 5.11 Å². The molecular weight excluding hydrogens is 176 g/mol. The molecule has 0 amide bonds. The van der Waals surface area contributed by atoms with E-state index in [1.165, 1.54) is 11.1 Å². The molecule has 1 aromatic carbocycles. The molecule has 0 aromatic heterocycles. The highest BCUT2D eigenvalue weighted by atomic mass is 16.4. The highest BCUT2D eigenvalue weighted by Gasteiger charge is 1.99. The number of carboxylic acid groups (broad SMARTS) is 1. The Morgan fingerprint density at radius 2 is 1.29 bits per heavy atom. The average Bonchev–Trinajstić information content (AvgIpc) is 2.11. The first-order valence-corrected chi connectivity index (χ1v) is 4.69. The number of hydrogen-bond donors (Lipinski definition) is 1. The van der Waals surface area contributed by atoms with Gasteiger partial charge in [-0.15, -0.1) is 0 Å². The fourth-order valence-corrected chi connectivity index (χ4v) is 0.637. The fraction of sp³-hybridized carbons (Fsp3) is 0.417. The van der Waals surface area contributed by atoms with E-state index in [0.717, 1.165) is 0 Å². The molecule has 1 aromatic rings. The van der Waals surface area contributed by atoms with Gasteiger partial charge in [-0.1, -0.05) is 49.2 Å². The van der Waals surface area contributed by atoms with Crippen molar-refractivity contribution in [3.63, 3.8) is 0 Å². The predicted octanol–water partition coefficient (Wildman–Crippen LogP) is 3.03. The summed E-state index contributed by atoms with van der Waals surface area (Å²) in [7, 11) is 0. The standard InChI is InChI=1S/C8H10.C4H8O2/c1-7-3-5-8(2)6-4-7;1-3(2)4(5)6/h3-6H,1-2H3;3H,1-2H3,(H,5,6). The van der Waals surface area contributed by atoms with Crippen LogP contribution in [0.2, 0.25) is 0 Å². The Hall–Kier alpha value is -1.31. The minimum absolute atomic E-state index is 0.231. The van der Waals surface area contributed by atoms with Gasteiger partial charge in [-0.2, -0.15) is 0 Å². The van der Waals surface area contributed by atoms with E-state index in [2.05, 4.69) is 38.1 Å². The zero-order valence-corrected chi connectivity index (χ0v) is 9.24. The smallest absolute Gasteiger partial charge is 0.305 e. The molecule has 0 radical (unpaired) electrons. The van der Waals surface area contributed by atoms with Gasteiger partial charge in [0.15, 0.2) is 0 Å². The van der Waals surface area contributed by atoms with Gasteiger partial charge in [0.2, 0.25) is 0 Å². The second-order valence-corrected chi connectivity index (χ2v) is 3.65. The molecule has 1 N–H and O–H groups in total. The second-order valence-electron chi connectivity index (χ2n) is 3.65. The fourth-order valence-electron chi connectivity index (χ4n) is 0.637. The molecule has 0 atom stereocenters. The summed E-state index contributed by atoms with van der Waals surface area (Å²) in [6, 6.07) is 8.48. The molecule has 0 aliphatic heterocycles. The summed E-state index contributed by atoms with van der Waals surface area (Å²) in [5, 5.41) is 7.99. The summed E-state index contributed by atoms with van der Waals surface area (Å²) in [6.07, 6.45) is 0. The first kappa shape index (κ1) is 12.7. The van der Waals surface area contributed by atoms with Crippen LogP contribution in [-0.2, 0) is 4.79 Å². The lowest BCUT2D eigenvalue weighted by Gasteiger charge is -1.90. The van der Waals surface area contributed by atoms with Gasteiger partial charge >= 0.3 is 5.97 Å². The molecule has 0 saturated heterocycles. The van der Waals surface area contributed by atoms with Crippen molar-refractivity contribution in [2.75, 3.05) is 0 Å². The first-order chi connectivity index (χ1) is 6.43. The van der Waals surface area contributed by atoms with Crippen LogP contribution >= 0.6 is 0 Å². The molecule has 0 heterocycles. The van der Waals surface area contributed by atoms with E-state index in [1.807, 2.05) is 0 Å². The van der Waals surface area contributed by atoms with Crippen LogP contribution < -0.4 is 0 Å². The van der Waals surface area contributed by atoms with Crippen molar-refractivity contribution in [3.05, 3.63) is 35.4 Å². The maximum atomic E-state index is 9.70. The number of carboxylic acids is 1. The number of benzene rings is 1. The first-order valence-electron chi connectivity index (χ1n) is 4.69. The van der Waals surface area contributed by atoms with Crippen LogP contribution in [0.4, 0.5) is 0 Å². The van der Waals surface area contributed by atoms with Gasteiger partial charge in [-0.25, -0.2) is 0 Å². The van der Waals surface area contributed by atoms with E-state index in [-0.39, 0.29) is 5.92 Å². The van der Waals surface area contributed by atoms with Gasteiger partial charge in [-0.05, 0) is 13.8 Å². The Kier molecular flexibility index (Phi) is 5.61. The lowest BCUT2D eigenvalue weighted by Crippen LogP contribution is -2.03. The van der Waals surface area contributed by atoms with Crippen LogP contribution in [0.5, 0.6) is 0 Å². The molecule has 0 bridgehead atoms. The summed E-state index contributed by atoms with van der Waals surface area (Å²) >= 11 is 0. The van der Waals surface area contributed by atoms with Crippen molar-refractivity contribution in [2.45, 2.75) is 27.7 Å². The molecule has 2 heteroatoms. The third-order valence-corrected chi connectivity index (χ3v) is 1.71. The van der Waals surface area contributed by atoms with Gasteiger partial charge in [-0.3, -0.25) is 4.79 Å². The zero-order chi connectivity index (χ0) is 11.1. The van der Waals surface area contributed by atoms with Crippen LogP contribution in [-0.4, -0.2) is 11.1 Å². The van der Waals surface area contributed by atoms with Crippen molar-refractivity contribution < 1.29 is 9.90 Å². The molecule has 0 aliphatic rings. The lowest BCUT2D eigenvalue weighted by molar-refractivity contribution is -0.140. The molecule has 1 rings (SSSR count). The van der Waals surface area contributed by atoms with Gasteiger partial charge in [0, 0.05) is 0 Å². The lowest BCUT2D eigenvalue weighted by atomic mass is 10.2. The molecule has 14 heavy (non-hydrogen) atoms. The minimum atomic E-state index is -0.741. The molecule has 0 fully saturated rings. The molecule has 2 nitrogen and oxygen atoms in total. The highest BCUT2D eigenvalue weighted by Crippen LogP contribution is 1.99. The largest absolute Gasteiger partial charge is 0.481 e. The van der Waals surface area contributed by atoms with Crippen LogP contribution in [0.15, 0.2) is 24.3 Å². The average molecular weight is 194 g/mol. The van der Waals surface area contributed by atoms with Crippen molar-refractivity contribution in [1.29, 1.82) is 0 Å². The number of carbonyl (C=O) groups is 1. The van der Waals surface area contributed by atoms with Gasteiger partial charge < -0.3 is 5.11 Å². The zero-order valence-electron chi connectivity index (χ0n) is 9.24. The topological polar surface area (TPSA) is 37.3 Å². The quantitative estimate of drug-likeness (QED) is 0.746. The van der Waals surface area contributed by atoms with Crippen LogP contribution in [0.1, 0.15) is 25.0 Å². The highest BCUT2D eigenvalue weighted by molar-refractivity contribution is 5.68. The molecule has 0 saturated carbocycles. The van der Waals surface area contributed by atoms with Crippen LogP contribution in [0, 0.1) is 19.8 Å². The summed E-state index contributed by atoms with van der Waals surface area (Å²) in [6.45, 7) is 7.48. The Morgan fingerprint density at radius 1 is 1.07 bits per heavy atom. The molecule has 0 aliphatic carbocycles. The predicted molar refractivity (Wildman–Crippen MR) is 58.4 cm³/mol. The van der Waals surface area contributed by atoms with Gasteiger partial charge in [0.25, 0.3) is 0 Å². The Bertz CT molecular complexity index is 252. The van der Waals surface area contributed by atoms with Gasteiger partial charge in [0.1, 0.15) is 0 Å². The summed E-state index contributed by atoms with van der Waals surface area (Å²) in [4.78, 5) is 9.70. The maximum absolute atomic E-state index is 9.70. The van der Waals surface area contributed by atoms with E-state index >= 15 is 0 Å². The van der Waals surface area contributed by atoms with E-state index in [9.17, 15) is 4.79 Å². The third kappa shape index (κ3) is 6.23. The van der Waals surface area contributed by atoms with Crippen LogP contribution in [0.25, 0.3) is 0 Å². The molecular formula is C12H18O2. The maximum Gasteiger partial charge on any atom is 0.305 e. The number of aryl methyl sites for hydroxylation is 2. The molecule has 78 valence electrons. The number of hydrogen-bond acceptors (Lipinski definition) is 1. The van der Waals surface area contributed by atoms with E-state index in [1.54, 1.807) is 13.8 Å². The summed E-state index contributed by atoms with van der Waals surface area (Å²) in [5.74, 6) is -0.972. The Balaban J connectivity index is 0.000000255.